The standard InChI is InChI=1S/C16H23F3N2OS.ClH/c1-15(2,11-22)14(21-9-7-20-8-10-21)12-5-3-4-6-13(12)23-16(17,18)19;/h3-6,14,20,22H,7-11H2,1-2H3;1H/t14-;/m1./s1. The van der Waals surface area contributed by atoms with Gasteiger partial charge in [0.05, 0.1) is 0 Å². The average molecular weight is 385 g/mol. The Morgan fingerprint density at radius 3 is 2.33 bits per heavy atom. The second-order valence-corrected chi connectivity index (χ2v) is 7.53. The molecule has 1 atom stereocenters. The number of alkyl halides is 3. The van der Waals surface area contributed by atoms with Crippen molar-refractivity contribution in [2.24, 2.45) is 5.41 Å². The van der Waals surface area contributed by atoms with Crippen molar-refractivity contribution in [3.05, 3.63) is 29.8 Å². The first-order valence-corrected chi connectivity index (χ1v) is 8.46. The third-order valence-corrected chi connectivity index (χ3v) is 4.93. The predicted octanol–water partition coefficient (Wildman–Crippen LogP) is 3.69. The summed E-state index contributed by atoms with van der Waals surface area (Å²) in [5.41, 5.74) is -4.23. The van der Waals surface area contributed by atoms with E-state index < -0.39 is 10.9 Å². The SMILES string of the molecule is CC(C)(CO)[C@@H](c1ccccc1SC(F)(F)F)N1CCNCC1.Cl. The molecule has 1 saturated heterocycles. The molecule has 0 aliphatic carbocycles. The van der Waals surface area contributed by atoms with E-state index in [1.54, 1.807) is 18.2 Å². The van der Waals surface area contributed by atoms with Gasteiger partial charge in [-0.1, -0.05) is 32.0 Å². The minimum atomic E-state index is -4.33. The number of aliphatic hydroxyl groups is 1. The summed E-state index contributed by atoms with van der Waals surface area (Å²) in [6.07, 6.45) is 0. The van der Waals surface area contributed by atoms with Crippen LogP contribution in [-0.2, 0) is 0 Å². The molecule has 1 aliphatic rings. The molecule has 3 nitrogen and oxygen atoms in total. The summed E-state index contributed by atoms with van der Waals surface area (Å²) in [5, 5.41) is 13.1. The van der Waals surface area contributed by atoms with Crippen LogP contribution in [0.15, 0.2) is 29.2 Å². The molecule has 1 aromatic carbocycles. The van der Waals surface area contributed by atoms with Gasteiger partial charge in [-0.15, -0.1) is 12.4 Å². The van der Waals surface area contributed by atoms with E-state index in [4.69, 9.17) is 0 Å². The lowest BCUT2D eigenvalue weighted by Gasteiger charge is -2.44. The topological polar surface area (TPSA) is 35.5 Å². The second-order valence-electron chi connectivity index (χ2n) is 6.42. The molecule has 0 bridgehead atoms. The Bertz CT molecular complexity index is 522. The van der Waals surface area contributed by atoms with Crippen LogP contribution < -0.4 is 5.32 Å². The summed E-state index contributed by atoms with van der Waals surface area (Å²) in [6.45, 7) is 6.80. The third-order valence-electron chi connectivity index (χ3n) is 4.10. The van der Waals surface area contributed by atoms with E-state index in [0.717, 1.165) is 26.2 Å². The average Bonchev–Trinajstić information content (AvgIpc) is 2.49. The lowest BCUT2D eigenvalue weighted by atomic mass is 9.79. The summed E-state index contributed by atoms with van der Waals surface area (Å²) in [7, 11) is 0. The van der Waals surface area contributed by atoms with Crippen LogP contribution in [-0.4, -0.2) is 48.3 Å². The molecule has 2 rings (SSSR count). The second kappa shape index (κ2) is 8.76. The summed E-state index contributed by atoms with van der Waals surface area (Å²) in [5.74, 6) is 0. The largest absolute Gasteiger partial charge is 0.446 e. The molecule has 0 amide bonds. The molecule has 1 heterocycles. The maximum absolute atomic E-state index is 12.9. The van der Waals surface area contributed by atoms with E-state index in [9.17, 15) is 18.3 Å². The number of hydrogen-bond donors (Lipinski definition) is 2. The molecular weight excluding hydrogens is 361 g/mol. The highest BCUT2D eigenvalue weighted by Crippen LogP contribution is 2.45. The van der Waals surface area contributed by atoms with Crippen molar-refractivity contribution in [3.63, 3.8) is 0 Å². The predicted molar refractivity (Wildman–Crippen MR) is 93.7 cm³/mol. The van der Waals surface area contributed by atoms with Gasteiger partial charge in [0.25, 0.3) is 0 Å². The molecule has 0 radical (unpaired) electrons. The number of nitrogens with zero attached hydrogens (tertiary/aromatic N) is 1. The Morgan fingerprint density at radius 1 is 1.21 bits per heavy atom. The number of rotatable bonds is 5. The molecule has 138 valence electrons. The van der Waals surface area contributed by atoms with Gasteiger partial charge in [0.1, 0.15) is 0 Å². The zero-order valence-corrected chi connectivity index (χ0v) is 15.4. The van der Waals surface area contributed by atoms with Crippen LogP contribution in [0.4, 0.5) is 13.2 Å². The van der Waals surface area contributed by atoms with Gasteiger partial charge in [-0.25, -0.2) is 0 Å². The number of aliphatic hydroxyl groups excluding tert-OH is 1. The molecule has 0 saturated carbocycles. The number of benzene rings is 1. The zero-order valence-electron chi connectivity index (χ0n) is 13.8. The highest BCUT2D eigenvalue weighted by molar-refractivity contribution is 8.00. The van der Waals surface area contributed by atoms with Crippen molar-refractivity contribution >= 4 is 24.2 Å². The molecule has 0 unspecified atom stereocenters. The fourth-order valence-electron chi connectivity index (χ4n) is 3.06. The monoisotopic (exact) mass is 384 g/mol. The van der Waals surface area contributed by atoms with Crippen molar-refractivity contribution in [3.8, 4) is 0 Å². The molecule has 1 fully saturated rings. The summed E-state index contributed by atoms with van der Waals surface area (Å²) >= 11 is -0.0776. The minimum absolute atomic E-state index is 0. The molecule has 8 heteroatoms. The maximum Gasteiger partial charge on any atom is 0.446 e. The number of hydrogen-bond acceptors (Lipinski definition) is 4. The summed E-state index contributed by atoms with van der Waals surface area (Å²) in [4.78, 5) is 2.38. The highest BCUT2D eigenvalue weighted by atomic mass is 35.5. The van der Waals surface area contributed by atoms with Crippen LogP contribution in [0.1, 0.15) is 25.5 Å². The lowest BCUT2D eigenvalue weighted by Crippen LogP contribution is -2.49. The van der Waals surface area contributed by atoms with Crippen LogP contribution in [0.3, 0.4) is 0 Å². The number of nitrogens with one attached hydrogen (secondary N) is 1. The molecule has 1 aromatic rings. The fraction of sp³-hybridized carbons (Fsp3) is 0.625. The number of thioether (sulfide) groups is 1. The van der Waals surface area contributed by atoms with Crippen molar-refractivity contribution in [2.45, 2.75) is 30.3 Å². The van der Waals surface area contributed by atoms with Crippen molar-refractivity contribution < 1.29 is 18.3 Å². The van der Waals surface area contributed by atoms with Crippen molar-refractivity contribution in [1.82, 2.24) is 10.2 Å². The van der Waals surface area contributed by atoms with E-state index >= 15 is 0 Å². The van der Waals surface area contributed by atoms with Crippen molar-refractivity contribution in [1.29, 1.82) is 0 Å². The molecule has 0 aromatic heterocycles. The fourth-order valence-corrected chi connectivity index (χ4v) is 3.76. The van der Waals surface area contributed by atoms with E-state index in [2.05, 4.69) is 10.2 Å². The van der Waals surface area contributed by atoms with Crippen molar-refractivity contribution in [2.75, 3.05) is 32.8 Å². The Morgan fingerprint density at radius 2 is 1.79 bits per heavy atom. The normalized spacial score (nSPS) is 18.1. The van der Waals surface area contributed by atoms with E-state index in [1.165, 1.54) is 6.07 Å². The van der Waals surface area contributed by atoms with Crippen LogP contribution in [0.25, 0.3) is 0 Å². The van der Waals surface area contributed by atoms with Gasteiger partial charge in [0, 0.05) is 49.1 Å². The quantitative estimate of drug-likeness (QED) is 0.759. The molecular formula is C16H24ClF3N2OS. The first-order chi connectivity index (χ1) is 10.7. The van der Waals surface area contributed by atoms with Gasteiger partial charge >= 0.3 is 5.51 Å². The van der Waals surface area contributed by atoms with Gasteiger partial charge in [-0.05, 0) is 23.4 Å². The Hall–Kier alpha value is -0.470. The Kier molecular flexibility index (Phi) is 7.87. The minimum Gasteiger partial charge on any atom is -0.396 e. The molecule has 2 N–H and O–H groups in total. The van der Waals surface area contributed by atoms with Gasteiger partial charge in [-0.2, -0.15) is 13.2 Å². The smallest absolute Gasteiger partial charge is 0.396 e. The van der Waals surface area contributed by atoms with E-state index in [-0.39, 0.29) is 41.7 Å². The first kappa shape index (κ1) is 21.6. The van der Waals surface area contributed by atoms with Crippen LogP contribution >= 0.6 is 24.2 Å². The third kappa shape index (κ3) is 5.52. The van der Waals surface area contributed by atoms with Gasteiger partial charge < -0.3 is 10.4 Å². The summed E-state index contributed by atoms with van der Waals surface area (Å²) in [6, 6.07) is 6.38. The Balaban J connectivity index is 0.00000288. The number of halogens is 4. The number of piperazine rings is 1. The molecule has 0 spiro atoms. The van der Waals surface area contributed by atoms with Gasteiger partial charge in [-0.3, -0.25) is 4.90 Å². The van der Waals surface area contributed by atoms with E-state index in [0.29, 0.717) is 5.56 Å². The highest BCUT2D eigenvalue weighted by Gasteiger charge is 2.39. The summed E-state index contributed by atoms with van der Waals surface area (Å²) < 4.78 is 38.7. The van der Waals surface area contributed by atoms with Gasteiger partial charge in [0.15, 0.2) is 0 Å². The Labute approximate surface area is 151 Å². The molecule has 24 heavy (non-hydrogen) atoms. The zero-order chi connectivity index (χ0) is 17.1. The van der Waals surface area contributed by atoms with Crippen LogP contribution in [0.5, 0.6) is 0 Å². The van der Waals surface area contributed by atoms with Gasteiger partial charge in [0.2, 0.25) is 0 Å². The van der Waals surface area contributed by atoms with E-state index in [1.807, 2.05) is 13.8 Å². The first-order valence-electron chi connectivity index (χ1n) is 7.65. The molecule has 1 aliphatic heterocycles. The van der Waals surface area contributed by atoms with Crippen LogP contribution in [0.2, 0.25) is 0 Å². The maximum atomic E-state index is 12.9. The lowest BCUT2D eigenvalue weighted by molar-refractivity contribution is -0.0330. The van der Waals surface area contributed by atoms with Crippen LogP contribution in [0, 0.1) is 5.41 Å².